The van der Waals surface area contributed by atoms with Crippen LogP contribution in [0.5, 0.6) is 17.2 Å². The molecule has 0 bridgehead atoms. The minimum absolute atomic E-state index is 0.0115. The molecule has 0 aliphatic heterocycles. The number of benzene rings is 2. The summed E-state index contributed by atoms with van der Waals surface area (Å²) in [5.74, 6) is 0.994. The molecule has 0 fully saturated rings. The highest BCUT2D eigenvalue weighted by Gasteiger charge is 2.18. The van der Waals surface area contributed by atoms with Gasteiger partial charge in [-0.05, 0) is 24.3 Å². The smallest absolute Gasteiger partial charge is 0.322 e. The number of carbonyl (C=O) groups is 1. The second-order valence-electron chi connectivity index (χ2n) is 5.15. The Labute approximate surface area is 149 Å². The van der Waals surface area contributed by atoms with Gasteiger partial charge in [0.2, 0.25) is 11.6 Å². The summed E-state index contributed by atoms with van der Waals surface area (Å²) in [7, 11) is 4.44. The van der Waals surface area contributed by atoms with Crippen LogP contribution >= 0.6 is 0 Å². The van der Waals surface area contributed by atoms with Crippen LogP contribution in [0.3, 0.4) is 0 Å². The number of hydrogen-bond acceptors (Lipinski definition) is 7. The molecule has 1 amide bonds. The maximum atomic E-state index is 12.5. The van der Waals surface area contributed by atoms with E-state index in [9.17, 15) is 4.79 Å². The molecule has 0 saturated carbocycles. The SMILES string of the molecule is COc1cc(C(=O)Nc2nnc(-c3ccccc3)o2)cc(OC)c1OC. The first-order chi connectivity index (χ1) is 12.7. The standard InChI is InChI=1S/C18H17N3O5/c1-23-13-9-12(10-14(24-2)15(13)25-3)16(22)19-18-21-20-17(26-18)11-7-5-4-6-8-11/h4-10H,1-3H3,(H,19,21,22). The van der Waals surface area contributed by atoms with Crippen LogP contribution in [0, 0.1) is 0 Å². The highest BCUT2D eigenvalue weighted by Crippen LogP contribution is 2.38. The van der Waals surface area contributed by atoms with Crippen molar-refractivity contribution in [2.45, 2.75) is 0 Å². The van der Waals surface area contributed by atoms with E-state index in [4.69, 9.17) is 18.6 Å². The number of carbonyl (C=O) groups excluding carboxylic acids is 1. The Hall–Kier alpha value is -3.55. The zero-order valence-electron chi connectivity index (χ0n) is 14.5. The van der Waals surface area contributed by atoms with Gasteiger partial charge in [-0.15, -0.1) is 5.10 Å². The quantitative estimate of drug-likeness (QED) is 0.726. The van der Waals surface area contributed by atoms with E-state index >= 15 is 0 Å². The molecule has 0 atom stereocenters. The molecule has 0 unspecified atom stereocenters. The van der Waals surface area contributed by atoms with E-state index in [2.05, 4.69) is 15.5 Å². The average Bonchev–Trinajstić information content (AvgIpc) is 3.15. The second-order valence-corrected chi connectivity index (χ2v) is 5.15. The minimum Gasteiger partial charge on any atom is -0.493 e. The molecular weight excluding hydrogens is 338 g/mol. The van der Waals surface area contributed by atoms with Gasteiger partial charge in [0.15, 0.2) is 11.5 Å². The summed E-state index contributed by atoms with van der Waals surface area (Å²) in [5.41, 5.74) is 1.05. The molecule has 0 saturated heterocycles. The maximum Gasteiger partial charge on any atom is 0.322 e. The molecule has 0 radical (unpaired) electrons. The molecule has 1 N–H and O–H groups in total. The summed E-state index contributed by atoms with van der Waals surface area (Å²) in [6.45, 7) is 0. The summed E-state index contributed by atoms with van der Waals surface area (Å²) in [5, 5.41) is 10.3. The van der Waals surface area contributed by atoms with E-state index in [-0.39, 0.29) is 6.01 Å². The molecule has 1 heterocycles. The number of nitrogens with zero attached hydrogens (tertiary/aromatic N) is 2. The first kappa shape index (κ1) is 17.3. The zero-order chi connectivity index (χ0) is 18.5. The van der Waals surface area contributed by atoms with Crippen LogP contribution in [0.25, 0.3) is 11.5 Å². The van der Waals surface area contributed by atoms with Gasteiger partial charge in [0.1, 0.15) is 0 Å². The Morgan fingerprint density at radius 1 is 0.962 bits per heavy atom. The summed E-state index contributed by atoms with van der Waals surface area (Å²) in [6.07, 6.45) is 0. The topological polar surface area (TPSA) is 95.7 Å². The maximum absolute atomic E-state index is 12.5. The van der Waals surface area contributed by atoms with E-state index < -0.39 is 5.91 Å². The lowest BCUT2D eigenvalue weighted by molar-refractivity contribution is 0.102. The van der Waals surface area contributed by atoms with Crippen molar-refractivity contribution in [3.63, 3.8) is 0 Å². The lowest BCUT2D eigenvalue weighted by atomic mass is 10.1. The van der Waals surface area contributed by atoms with Gasteiger partial charge in [-0.1, -0.05) is 23.3 Å². The van der Waals surface area contributed by atoms with Gasteiger partial charge in [-0.3, -0.25) is 10.1 Å². The van der Waals surface area contributed by atoms with Crippen molar-refractivity contribution in [2.75, 3.05) is 26.6 Å². The zero-order valence-corrected chi connectivity index (χ0v) is 14.5. The molecule has 0 spiro atoms. The number of ether oxygens (including phenoxy) is 3. The molecule has 3 aromatic rings. The summed E-state index contributed by atoms with van der Waals surface area (Å²) in [6, 6.07) is 12.3. The molecule has 26 heavy (non-hydrogen) atoms. The second kappa shape index (κ2) is 7.56. The summed E-state index contributed by atoms with van der Waals surface area (Å²) >= 11 is 0. The monoisotopic (exact) mass is 355 g/mol. The van der Waals surface area contributed by atoms with Crippen molar-refractivity contribution in [1.29, 1.82) is 0 Å². The molecule has 1 aromatic heterocycles. The minimum atomic E-state index is -0.451. The first-order valence-corrected chi connectivity index (χ1v) is 7.66. The number of rotatable bonds is 6. The lowest BCUT2D eigenvalue weighted by Gasteiger charge is -2.13. The lowest BCUT2D eigenvalue weighted by Crippen LogP contribution is -2.13. The van der Waals surface area contributed by atoms with E-state index in [0.29, 0.717) is 28.7 Å². The third-order valence-corrected chi connectivity index (χ3v) is 3.59. The molecule has 8 nitrogen and oxygen atoms in total. The Morgan fingerprint density at radius 2 is 1.62 bits per heavy atom. The van der Waals surface area contributed by atoms with Crippen LogP contribution in [-0.2, 0) is 0 Å². The van der Waals surface area contributed by atoms with Crippen LogP contribution < -0.4 is 19.5 Å². The van der Waals surface area contributed by atoms with Gasteiger partial charge >= 0.3 is 6.01 Å². The molecule has 0 aliphatic rings. The van der Waals surface area contributed by atoms with Crippen LogP contribution in [0.2, 0.25) is 0 Å². The number of hydrogen-bond donors (Lipinski definition) is 1. The van der Waals surface area contributed by atoms with Crippen molar-refractivity contribution in [1.82, 2.24) is 10.2 Å². The normalized spacial score (nSPS) is 10.3. The van der Waals surface area contributed by atoms with Crippen LogP contribution in [-0.4, -0.2) is 37.4 Å². The average molecular weight is 355 g/mol. The van der Waals surface area contributed by atoms with Crippen molar-refractivity contribution in [3.8, 4) is 28.7 Å². The van der Waals surface area contributed by atoms with Crippen molar-refractivity contribution < 1.29 is 23.4 Å². The molecular formula is C18H17N3O5. The number of aromatic nitrogens is 2. The summed E-state index contributed by atoms with van der Waals surface area (Å²) < 4.78 is 21.2. The molecule has 0 aliphatic carbocycles. The van der Waals surface area contributed by atoms with Crippen LogP contribution in [0.1, 0.15) is 10.4 Å². The van der Waals surface area contributed by atoms with Gasteiger partial charge in [-0.25, -0.2) is 0 Å². The largest absolute Gasteiger partial charge is 0.493 e. The van der Waals surface area contributed by atoms with E-state index in [1.54, 1.807) is 0 Å². The fraction of sp³-hybridized carbons (Fsp3) is 0.167. The molecule has 2 aromatic carbocycles. The van der Waals surface area contributed by atoms with E-state index in [1.807, 2.05) is 30.3 Å². The van der Waals surface area contributed by atoms with Gasteiger partial charge in [0.25, 0.3) is 5.91 Å². The van der Waals surface area contributed by atoms with Crippen molar-refractivity contribution >= 4 is 11.9 Å². The van der Waals surface area contributed by atoms with Crippen LogP contribution in [0.4, 0.5) is 6.01 Å². The predicted molar refractivity (Wildman–Crippen MR) is 93.8 cm³/mol. The van der Waals surface area contributed by atoms with Crippen molar-refractivity contribution in [2.24, 2.45) is 0 Å². The molecule has 134 valence electrons. The van der Waals surface area contributed by atoms with Crippen molar-refractivity contribution in [3.05, 3.63) is 48.0 Å². The Kier molecular flexibility index (Phi) is 5.02. The molecule has 3 rings (SSSR count). The number of nitrogens with one attached hydrogen (secondary N) is 1. The Balaban J connectivity index is 1.83. The highest BCUT2D eigenvalue weighted by atomic mass is 16.5. The van der Waals surface area contributed by atoms with Gasteiger partial charge < -0.3 is 18.6 Å². The van der Waals surface area contributed by atoms with Crippen LogP contribution in [0.15, 0.2) is 46.9 Å². The first-order valence-electron chi connectivity index (χ1n) is 7.66. The number of amides is 1. The van der Waals surface area contributed by atoms with E-state index in [1.165, 1.54) is 33.5 Å². The van der Waals surface area contributed by atoms with Gasteiger partial charge in [-0.2, -0.15) is 0 Å². The van der Waals surface area contributed by atoms with Gasteiger partial charge in [0.05, 0.1) is 21.3 Å². The third-order valence-electron chi connectivity index (χ3n) is 3.59. The fourth-order valence-electron chi connectivity index (χ4n) is 2.35. The summed E-state index contributed by atoms with van der Waals surface area (Å²) in [4.78, 5) is 12.5. The van der Waals surface area contributed by atoms with E-state index in [0.717, 1.165) is 5.56 Å². The molecule has 8 heteroatoms. The third kappa shape index (κ3) is 3.44. The number of anilines is 1. The fourth-order valence-corrected chi connectivity index (χ4v) is 2.35. The Bertz CT molecular complexity index is 883. The number of methoxy groups -OCH3 is 3. The Morgan fingerprint density at radius 3 is 2.19 bits per heavy atom. The predicted octanol–water partition coefficient (Wildman–Crippen LogP) is 3.01. The highest BCUT2D eigenvalue weighted by molar-refractivity contribution is 6.04. The van der Waals surface area contributed by atoms with Gasteiger partial charge in [0, 0.05) is 11.1 Å².